The number of benzene rings is 1. The van der Waals surface area contributed by atoms with Crippen LogP contribution in [0.2, 0.25) is 0 Å². The highest BCUT2D eigenvalue weighted by molar-refractivity contribution is 7.89. The number of sulfonamides is 1. The molecule has 1 atom stereocenters. The number of carbonyl (C=O) groups excluding carboxylic acids is 1. The van der Waals surface area contributed by atoms with Crippen LogP contribution in [0.4, 0.5) is 5.69 Å². The summed E-state index contributed by atoms with van der Waals surface area (Å²) in [6.45, 7) is 4.93. The van der Waals surface area contributed by atoms with Gasteiger partial charge in [-0.15, -0.1) is 0 Å². The van der Waals surface area contributed by atoms with E-state index in [0.29, 0.717) is 11.3 Å². The van der Waals surface area contributed by atoms with E-state index in [4.69, 9.17) is 10.5 Å². The summed E-state index contributed by atoms with van der Waals surface area (Å²) in [6, 6.07) is 3.52. The smallest absolute Gasteiger partial charge is 0.323 e. The molecule has 1 aromatic carbocycles. The zero-order valence-electron chi connectivity index (χ0n) is 11.1. The van der Waals surface area contributed by atoms with Crippen LogP contribution in [-0.4, -0.2) is 27.0 Å². The third-order valence-corrected chi connectivity index (χ3v) is 4.16. The van der Waals surface area contributed by atoms with E-state index in [1.165, 1.54) is 19.1 Å². The lowest BCUT2D eigenvalue weighted by molar-refractivity contribution is -0.144. The highest BCUT2D eigenvalue weighted by Gasteiger charge is 2.24. The van der Waals surface area contributed by atoms with Gasteiger partial charge in [-0.05, 0) is 44.5 Å². The second-order valence-electron chi connectivity index (χ2n) is 4.12. The summed E-state index contributed by atoms with van der Waals surface area (Å²) in [5.41, 5.74) is 6.57. The summed E-state index contributed by atoms with van der Waals surface area (Å²) in [5.74, 6) is -0.612. The number of carbonyl (C=O) groups is 1. The molecule has 6 nitrogen and oxygen atoms in total. The van der Waals surface area contributed by atoms with Crippen LogP contribution in [0.3, 0.4) is 0 Å². The maximum Gasteiger partial charge on any atom is 0.323 e. The number of anilines is 1. The molecular weight excluding hydrogens is 268 g/mol. The second-order valence-corrected chi connectivity index (χ2v) is 5.80. The van der Waals surface area contributed by atoms with E-state index < -0.39 is 22.0 Å². The van der Waals surface area contributed by atoms with Crippen molar-refractivity contribution in [2.45, 2.75) is 31.7 Å². The van der Waals surface area contributed by atoms with Gasteiger partial charge in [0.1, 0.15) is 6.04 Å². The number of nitrogens with one attached hydrogen (secondary N) is 1. The normalized spacial score (nSPS) is 13.0. The van der Waals surface area contributed by atoms with Crippen LogP contribution in [0, 0.1) is 6.92 Å². The van der Waals surface area contributed by atoms with Crippen LogP contribution in [0.25, 0.3) is 0 Å². The molecule has 0 radical (unpaired) electrons. The van der Waals surface area contributed by atoms with E-state index in [2.05, 4.69) is 4.72 Å². The van der Waals surface area contributed by atoms with Crippen molar-refractivity contribution in [1.29, 1.82) is 0 Å². The minimum Gasteiger partial charge on any atom is -0.465 e. The van der Waals surface area contributed by atoms with Crippen LogP contribution in [-0.2, 0) is 19.6 Å². The maximum absolute atomic E-state index is 12.1. The first-order valence-corrected chi connectivity index (χ1v) is 7.31. The van der Waals surface area contributed by atoms with E-state index in [-0.39, 0.29) is 11.5 Å². The van der Waals surface area contributed by atoms with Gasteiger partial charge >= 0.3 is 5.97 Å². The molecule has 1 aromatic rings. The predicted molar refractivity (Wildman–Crippen MR) is 72.0 cm³/mol. The highest BCUT2D eigenvalue weighted by Crippen LogP contribution is 2.18. The molecule has 0 aliphatic carbocycles. The maximum atomic E-state index is 12.1. The van der Waals surface area contributed by atoms with Crippen LogP contribution >= 0.6 is 0 Å². The van der Waals surface area contributed by atoms with Crippen molar-refractivity contribution in [3.05, 3.63) is 23.8 Å². The van der Waals surface area contributed by atoms with E-state index in [1.807, 2.05) is 0 Å². The van der Waals surface area contributed by atoms with Gasteiger partial charge in [0.25, 0.3) is 0 Å². The standard InChI is InChI=1S/C12H18N2O4S/c1-4-18-12(15)9(3)14-19(16,17)11-6-5-10(13)7-8(11)2/h5-7,9,14H,4,13H2,1-3H3. The molecule has 0 heterocycles. The van der Waals surface area contributed by atoms with Gasteiger partial charge in [-0.1, -0.05) is 0 Å². The van der Waals surface area contributed by atoms with Crippen molar-refractivity contribution in [3.63, 3.8) is 0 Å². The van der Waals surface area contributed by atoms with E-state index in [0.717, 1.165) is 0 Å². The van der Waals surface area contributed by atoms with Crippen molar-refractivity contribution < 1.29 is 17.9 Å². The summed E-state index contributed by atoms with van der Waals surface area (Å²) < 4.78 is 31.3. The molecular formula is C12H18N2O4S. The number of esters is 1. The van der Waals surface area contributed by atoms with Crippen molar-refractivity contribution in [2.75, 3.05) is 12.3 Å². The van der Waals surface area contributed by atoms with E-state index in [1.54, 1.807) is 19.9 Å². The first kappa shape index (κ1) is 15.5. The Labute approximate surface area is 113 Å². The van der Waals surface area contributed by atoms with Gasteiger partial charge in [0.05, 0.1) is 11.5 Å². The van der Waals surface area contributed by atoms with Crippen molar-refractivity contribution in [3.8, 4) is 0 Å². The fourth-order valence-electron chi connectivity index (χ4n) is 1.59. The van der Waals surface area contributed by atoms with Crippen LogP contribution in [0.5, 0.6) is 0 Å². The lowest BCUT2D eigenvalue weighted by Crippen LogP contribution is -2.39. The quantitative estimate of drug-likeness (QED) is 0.616. The number of ether oxygens (including phenoxy) is 1. The Morgan fingerprint density at radius 2 is 2.11 bits per heavy atom. The average molecular weight is 286 g/mol. The number of aryl methyl sites for hydroxylation is 1. The zero-order valence-corrected chi connectivity index (χ0v) is 12.0. The summed E-state index contributed by atoms with van der Waals surface area (Å²) in [5, 5.41) is 0. The van der Waals surface area contributed by atoms with Gasteiger partial charge in [-0.2, -0.15) is 4.72 Å². The van der Waals surface area contributed by atoms with Gasteiger partial charge < -0.3 is 10.5 Å². The van der Waals surface area contributed by atoms with Gasteiger partial charge in [0, 0.05) is 5.69 Å². The molecule has 0 fully saturated rings. The first-order chi connectivity index (χ1) is 8.77. The molecule has 7 heteroatoms. The zero-order chi connectivity index (χ0) is 14.6. The van der Waals surface area contributed by atoms with Gasteiger partial charge in [0.15, 0.2) is 0 Å². The van der Waals surface area contributed by atoms with Crippen LogP contribution < -0.4 is 10.5 Å². The minimum absolute atomic E-state index is 0.0952. The lowest BCUT2D eigenvalue weighted by Gasteiger charge is -2.14. The van der Waals surface area contributed by atoms with Crippen molar-refractivity contribution in [2.24, 2.45) is 0 Å². The molecule has 0 aliphatic rings. The third-order valence-electron chi connectivity index (χ3n) is 2.46. The molecule has 0 saturated heterocycles. The molecule has 3 N–H and O–H groups in total. The number of hydrogen-bond donors (Lipinski definition) is 2. The molecule has 0 spiro atoms. The van der Waals surface area contributed by atoms with Crippen LogP contribution in [0.1, 0.15) is 19.4 Å². The number of hydrogen-bond acceptors (Lipinski definition) is 5. The minimum atomic E-state index is -3.78. The topological polar surface area (TPSA) is 98.5 Å². The van der Waals surface area contributed by atoms with Crippen LogP contribution in [0.15, 0.2) is 23.1 Å². The third kappa shape index (κ3) is 3.93. The number of rotatable bonds is 5. The Balaban J connectivity index is 2.95. The summed E-state index contributed by atoms with van der Waals surface area (Å²) in [4.78, 5) is 11.5. The second kappa shape index (κ2) is 6.03. The van der Waals surface area contributed by atoms with Crippen molar-refractivity contribution >= 4 is 21.7 Å². The molecule has 106 valence electrons. The molecule has 1 rings (SSSR count). The Hall–Kier alpha value is -1.60. The summed E-state index contributed by atoms with van der Waals surface area (Å²) in [7, 11) is -3.78. The summed E-state index contributed by atoms with van der Waals surface area (Å²) >= 11 is 0. The molecule has 0 amide bonds. The van der Waals surface area contributed by atoms with Crippen molar-refractivity contribution in [1.82, 2.24) is 4.72 Å². The van der Waals surface area contributed by atoms with Gasteiger partial charge in [0.2, 0.25) is 10.0 Å². The fourth-order valence-corrected chi connectivity index (χ4v) is 3.00. The first-order valence-electron chi connectivity index (χ1n) is 5.83. The molecule has 0 saturated carbocycles. The Bertz CT molecular complexity index is 569. The highest BCUT2D eigenvalue weighted by atomic mass is 32.2. The fraction of sp³-hybridized carbons (Fsp3) is 0.417. The van der Waals surface area contributed by atoms with Gasteiger partial charge in [-0.25, -0.2) is 8.42 Å². The monoisotopic (exact) mass is 286 g/mol. The SMILES string of the molecule is CCOC(=O)C(C)NS(=O)(=O)c1ccc(N)cc1C. The number of nitrogens with two attached hydrogens (primary N) is 1. The molecule has 0 aliphatic heterocycles. The largest absolute Gasteiger partial charge is 0.465 e. The molecule has 1 unspecified atom stereocenters. The van der Waals surface area contributed by atoms with E-state index >= 15 is 0 Å². The Morgan fingerprint density at radius 3 is 2.63 bits per heavy atom. The Kier molecular flexibility index (Phi) is 4.90. The number of nitrogen functional groups attached to an aromatic ring is 1. The van der Waals surface area contributed by atoms with E-state index in [9.17, 15) is 13.2 Å². The summed E-state index contributed by atoms with van der Waals surface area (Å²) in [6.07, 6.45) is 0. The average Bonchev–Trinajstić information content (AvgIpc) is 2.27. The molecule has 19 heavy (non-hydrogen) atoms. The molecule has 0 aromatic heterocycles. The predicted octanol–water partition coefficient (Wildman–Crippen LogP) is 0.807. The molecule has 0 bridgehead atoms. The lowest BCUT2D eigenvalue weighted by atomic mass is 10.2. The van der Waals surface area contributed by atoms with Gasteiger partial charge in [-0.3, -0.25) is 4.79 Å². The Morgan fingerprint density at radius 1 is 1.47 bits per heavy atom.